The van der Waals surface area contributed by atoms with E-state index in [1.165, 1.54) is 0 Å². The number of hydrogen-bond acceptors (Lipinski definition) is 2. The van der Waals surface area contributed by atoms with Gasteiger partial charge in [-0.25, -0.2) is 4.39 Å². The van der Waals surface area contributed by atoms with Gasteiger partial charge in [-0.3, -0.25) is 4.79 Å². The van der Waals surface area contributed by atoms with Gasteiger partial charge < -0.3 is 11.1 Å². The number of hydrogen-bond donors (Lipinski definition) is 2. The largest absolute Gasteiger partial charge is 0.416 e. The lowest BCUT2D eigenvalue weighted by molar-refractivity contribution is -0.137. The number of benzene rings is 1. The molecule has 0 aliphatic heterocycles. The van der Waals surface area contributed by atoms with Gasteiger partial charge in [0.2, 0.25) is 5.91 Å². The second-order valence-corrected chi connectivity index (χ2v) is 5.21. The number of nitrogens with two attached hydrogens (primary N) is 1. The Morgan fingerprint density at radius 3 is 2.67 bits per heavy atom. The highest BCUT2D eigenvalue weighted by Gasteiger charge is 2.34. The van der Waals surface area contributed by atoms with Gasteiger partial charge in [0, 0.05) is 5.92 Å². The Balaban J connectivity index is 2.17. The molecule has 1 saturated carbocycles. The van der Waals surface area contributed by atoms with Crippen molar-refractivity contribution in [3.05, 3.63) is 29.6 Å². The molecule has 0 bridgehead atoms. The highest BCUT2D eigenvalue weighted by molar-refractivity contribution is 5.93. The molecular weight excluding hydrogens is 288 g/mol. The van der Waals surface area contributed by atoms with Crippen molar-refractivity contribution >= 4 is 11.6 Å². The van der Waals surface area contributed by atoms with E-state index in [1.54, 1.807) is 0 Å². The number of rotatable bonds is 3. The Morgan fingerprint density at radius 1 is 1.33 bits per heavy atom. The van der Waals surface area contributed by atoms with Gasteiger partial charge in [-0.15, -0.1) is 0 Å². The summed E-state index contributed by atoms with van der Waals surface area (Å²) in [5.74, 6) is -1.73. The molecule has 0 spiro atoms. The van der Waals surface area contributed by atoms with Crippen molar-refractivity contribution in [3.63, 3.8) is 0 Å². The van der Waals surface area contributed by atoms with E-state index in [1.807, 2.05) is 0 Å². The van der Waals surface area contributed by atoms with E-state index in [0.29, 0.717) is 31.2 Å². The van der Waals surface area contributed by atoms with E-state index in [4.69, 9.17) is 5.73 Å². The van der Waals surface area contributed by atoms with Gasteiger partial charge in [-0.05, 0) is 43.5 Å². The lowest BCUT2D eigenvalue weighted by atomic mass is 9.95. The normalized spacial score (nSPS) is 22.3. The first-order valence-electron chi connectivity index (χ1n) is 6.70. The molecule has 0 aromatic heterocycles. The predicted octanol–water partition coefficient (Wildman–Crippen LogP) is 3.16. The highest BCUT2D eigenvalue weighted by atomic mass is 19.4. The summed E-state index contributed by atoms with van der Waals surface area (Å²) in [5, 5.41) is 2.26. The second-order valence-electron chi connectivity index (χ2n) is 5.21. The van der Waals surface area contributed by atoms with Crippen LogP contribution in [0.25, 0.3) is 0 Å². The Labute approximate surface area is 119 Å². The van der Waals surface area contributed by atoms with Gasteiger partial charge in [0.05, 0.1) is 11.3 Å². The number of amides is 1. The second kappa shape index (κ2) is 6.01. The molecule has 1 aliphatic rings. The number of nitrogens with one attached hydrogen (secondary N) is 1. The van der Waals surface area contributed by atoms with Crippen molar-refractivity contribution in [2.75, 3.05) is 11.9 Å². The fraction of sp³-hybridized carbons (Fsp3) is 0.500. The third-order valence-corrected chi connectivity index (χ3v) is 3.85. The quantitative estimate of drug-likeness (QED) is 0.843. The Kier molecular flexibility index (Phi) is 4.51. The van der Waals surface area contributed by atoms with E-state index >= 15 is 0 Å². The molecule has 1 aromatic rings. The van der Waals surface area contributed by atoms with Crippen LogP contribution in [-0.2, 0) is 11.0 Å². The average Bonchev–Trinajstić information content (AvgIpc) is 2.88. The molecule has 0 saturated heterocycles. The van der Waals surface area contributed by atoms with Crippen LogP contribution in [-0.4, -0.2) is 12.5 Å². The smallest absolute Gasteiger partial charge is 0.330 e. The van der Waals surface area contributed by atoms with Gasteiger partial charge >= 0.3 is 6.18 Å². The number of anilines is 1. The standard InChI is InChI=1S/C14H16F4N2O/c15-11-5-4-9(14(16,17)18)6-12(11)20-13(21)10-3-1-2-8(10)7-19/h4-6,8,10H,1-3,7,19H2,(H,20,21). The summed E-state index contributed by atoms with van der Waals surface area (Å²) in [5.41, 5.74) is 4.12. The molecule has 1 aliphatic carbocycles. The third kappa shape index (κ3) is 3.53. The van der Waals surface area contributed by atoms with Gasteiger partial charge in [0.25, 0.3) is 0 Å². The van der Waals surface area contributed by atoms with Crippen LogP contribution in [0.2, 0.25) is 0 Å². The summed E-state index contributed by atoms with van der Waals surface area (Å²) in [4.78, 5) is 12.1. The van der Waals surface area contributed by atoms with Crippen LogP contribution in [0, 0.1) is 17.7 Å². The van der Waals surface area contributed by atoms with Crippen LogP contribution >= 0.6 is 0 Å². The van der Waals surface area contributed by atoms with Gasteiger partial charge in [0.1, 0.15) is 5.82 Å². The summed E-state index contributed by atoms with van der Waals surface area (Å²) in [6.07, 6.45) is -2.32. The number of carbonyl (C=O) groups excluding carboxylic acids is 1. The fourth-order valence-corrected chi connectivity index (χ4v) is 2.69. The first-order valence-corrected chi connectivity index (χ1v) is 6.70. The summed E-state index contributed by atoms with van der Waals surface area (Å²) in [7, 11) is 0. The molecule has 2 rings (SSSR count). The van der Waals surface area contributed by atoms with E-state index in [-0.39, 0.29) is 11.8 Å². The number of halogens is 4. The van der Waals surface area contributed by atoms with E-state index < -0.39 is 29.2 Å². The van der Waals surface area contributed by atoms with Crippen molar-refractivity contribution in [1.82, 2.24) is 0 Å². The van der Waals surface area contributed by atoms with Crippen LogP contribution in [0.1, 0.15) is 24.8 Å². The zero-order chi connectivity index (χ0) is 15.6. The number of carbonyl (C=O) groups is 1. The zero-order valence-electron chi connectivity index (χ0n) is 11.2. The average molecular weight is 304 g/mol. The Morgan fingerprint density at radius 2 is 2.05 bits per heavy atom. The monoisotopic (exact) mass is 304 g/mol. The SMILES string of the molecule is NCC1CCCC1C(=O)Nc1cc(C(F)(F)F)ccc1F. The fourth-order valence-electron chi connectivity index (χ4n) is 2.69. The maximum atomic E-state index is 13.6. The molecule has 1 fully saturated rings. The zero-order valence-corrected chi connectivity index (χ0v) is 11.2. The van der Waals surface area contributed by atoms with Crippen LogP contribution in [0.3, 0.4) is 0 Å². The molecule has 3 N–H and O–H groups in total. The van der Waals surface area contributed by atoms with E-state index in [9.17, 15) is 22.4 Å². The Hall–Kier alpha value is -1.63. The van der Waals surface area contributed by atoms with Gasteiger partial charge in [0.15, 0.2) is 0 Å². The van der Waals surface area contributed by atoms with Gasteiger partial charge in [-0.1, -0.05) is 6.42 Å². The van der Waals surface area contributed by atoms with Crippen LogP contribution in [0.5, 0.6) is 0 Å². The third-order valence-electron chi connectivity index (χ3n) is 3.85. The molecule has 116 valence electrons. The van der Waals surface area contributed by atoms with Gasteiger partial charge in [-0.2, -0.15) is 13.2 Å². The molecule has 1 amide bonds. The van der Waals surface area contributed by atoms with Crippen molar-refractivity contribution < 1.29 is 22.4 Å². The maximum Gasteiger partial charge on any atom is 0.416 e. The van der Waals surface area contributed by atoms with Crippen LogP contribution in [0.4, 0.5) is 23.2 Å². The number of alkyl halides is 3. The molecule has 0 radical (unpaired) electrons. The molecule has 0 heterocycles. The first kappa shape index (κ1) is 15.8. The summed E-state index contributed by atoms with van der Waals surface area (Å²) in [6, 6.07) is 1.95. The Bertz CT molecular complexity index is 530. The first-order chi connectivity index (χ1) is 9.82. The van der Waals surface area contributed by atoms with Crippen LogP contribution < -0.4 is 11.1 Å². The molecule has 21 heavy (non-hydrogen) atoms. The molecule has 3 nitrogen and oxygen atoms in total. The maximum absolute atomic E-state index is 13.6. The van der Waals surface area contributed by atoms with E-state index in [2.05, 4.69) is 5.32 Å². The minimum atomic E-state index is -4.58. The summed E-state index contributed by atoms with van der Waals surface area (Å²) in [6.45, 7) is 0.336. The van der Waals surface area contributed by atoms with Crippen molar-refractivity contribution in [1.29, 1.82) is 0 Å². The van der Waals surface area contributed by atoms with Crippen molar-refractivity contribution in [2.45, 2.75) is 25.4 Å². The van der Waals surface area contributed by atoms with Crippen molar-refractivity contribution in [2.24, 2.45) is 17.6 Å². The highest BCUT2D eigenvalue weighted by Crippen LogP contribution is 2.34. The minimum absolute atomic E-state index is 0.00106. The van der Waals surface area contributed by atoms with Crippen molar-refractivity contribution in [3.8, 4) is 0 Å². The molecule has 2 atom stereocenters. The minimum Gasteiger partial charge on any atom is -0.330 e. The summed E-state index contributed by atoms with van der Waals surface area (Å²) >= 11 is 0. The lowest BCUT2D eigenvalue weighted by Crippen LogP contribution is -2.30. The molecule has 7 heteroatoms. The summed E-state index contributed by atoms with van der Waals surface area (Å²) < 4.78 is 51.4. The predicted molar refractivity (Wildman–Crippen MR) is 69.9 cm³/mol. The van der Waals surface area contributed by atoms with Crippen LogP contribution in [0.15, 0.2) is 18.2 Å². The molecule has 1 aromatic carbocycles. The topological polar surface area (TPSA) is 55.1 Å². The lowest BCUT2D eigenvalue weighted by Gasteiger charge is -2.18. The van der Waals surface area contributed by atoms with E-state index in [0.717, 1.165) is 12.8 Å². The molecular formula is C14H16F4N2O. The molecule has 2 unspecified atom stereocenters.